The molecule has 4 nitrogen and oxygen atoms in total. The van der Waals surface area contributed by atoms with Crippen molar-refractivity contribution in [3.8, 4) is 17.2 Å². The van der Waals surface area contributed by atoms with Gasteiger partial charge in [-0.25, -0.2) is 0 Å². The van der Waals surface area contributed by atoms with Crippen molar-refractivity contribution >= 4 is 22.6 Å². The molecule has 1 heterocycles. The predicted molar refractivity (Wildman–Crippen MR) is 103 cm³/mol. The van der Waals surface area contributed by atoms with Crippen molar-refractivity contribution < 1.29 is 14.3 Å². The van der Waals surface area contributed by atoms with Gasteiger partial charge in [0.2, 0.25) is 0 Å². The predicted octanol–water partition coefficient (Wildman–Crippen LogP) is 4.81. The van der Waals surface area contributed by atoms with Gasteiger partial charge >= 0.3 is 0 Å². The van der Waals surface area contributed by atoms with E-state index in [0.29, 0.717) is 0 Å². The number of halogens is 1. The minimum Gasteiger partial charge on any atom is -0.493 e. The number of hydrogen-bond donors (Lipinski definition) is 0. The third-order valence-corrected chi connectivity index (χ3v) is 4.88. The zero-order valence-electron chi connectivity index (χ0n) is 14.6. The highest BCUT2D eigenvalue weighted by Crippen LogP contribution is 2.47. The quantitative estimate of drug-likeness (QED) is 0.643. The summed E-state index contributed by atoms with van der Waals surface area (Å²) in [6, 6.07) is 12.4. The Hall–Kier alpha value is -1.47. The number of para-hydroxylation sites is 1. The fourth-order valence-electron chi connectivity index (χ4n) is 3.01. The Balaban J connectivity index is 2.16. The molecule has 3 rings (SSSR count). The minimum atomic E-state index is -0.151. The third kappa shape index (κ3) is 2.95. The van der Waals surface area contributed by atoms with Crippen LogP contribution in [0.1, 0.15) is 37.9 Å². The molecule has 0 bridgehead atoms. The van der Waals surface area contributed by atoms with Crippen LogP contribution in [-0.2, 0) is 0 Å². The molecule has 0 amide bonds. The van der Waals surface area contributed by atoms with Crippen LogP contribution < -0.4 is 14.3 Å². The first-order chi connectivity index (χ1) is 11.4. The summed E-state index contributed by atoms with van der Waals surface area (Å²) in [7, 11) is 3.33. The van der Waals surface area contributed by atoms with Gasteiger partial charge in [0.25, 0.3) is 0 Å². The molecule has 2 aromatic carbocycles. The number of hydroxylamine groups is 2. The average Bonchev–Trinajstić information content (AvgIpc) is 2.93. The second-order valence-corrected chi connectivity index (χ2v) is 7.93. The lowest BCUT2D eigenvalue weighted by Gasteiger charge is -2.35. The van der Waals surface area contributed by atoms with Crippen LogP contribution in [0.25, 0.3) is 0 Å². The van der Waals surface area contributed by atoms with E-state index < -0.39 is 0 Å². The number of fused-ring (bicyclic) bond motifs is 1. The highest BCUT2D eigenvalue weighted by molar-refractivity contribution is 14.1. The highest BCUT2D eigenvalue weighted by atomic mass is 127. The molecule has 2 aromatic rings. The summed E-state index contributed by atoms with van der Waals surface area (Å²) in [5.74, 6) is 2.40. The molecule has 0 spiro atoms. The number of benzene rings is 2. The monoisotopic (exact) mass is 439 g/mol. The fraction of sp³-hybridized carbons (Fsp3) is 0.368. The number of nitrogens with zero attached hydrogens (tertiary/aromatic N) is 1. The van der Waals surface area contributed by atoms with Crippen molar-refractivity contribution in [2.75, 3.05) is 14.2 Å². The van der Waals surface area contributed by atoms with Crippen molar-refractivity contribution in [3.05, 3.63) is 51.1 Å². The third-order valence-electron chi connectivity index (χ3n) is 4.08. The van der Waals surface area contributed by atoms with E-state index in [4.69, 9.17) is 14.3 Å². The molecule has 0 radical (unpaired) electrons. The summed E-state index contributed by atoms with van der Waals surface area (Å²) in [4.78, 5) is 6.17. The smallest absolute Gasteiger partial charge is 0.174 e. The largest absolute Gasteiger partial charge is 0.493 e. The first kappa shape index (κ1) is 17.4. The van der Waals surface area contributed by atoms with Gasteiger partial charge in [-0.3, -0.25) is 0 Å². The van der Waals surface area contributed by atoms with Crippen LogP contribution in [0.3, 0.4) is 0 Å². The van der Waals surface area contributed by atoms with Gasteiger partial charge < -0.3 is 14.3 Å². The number of hydrogen-bond acceptors (Lipinski definition) is 4. The number of ether oxygens (including phenoxy) is 2. The molecule has 1 aliphatic heterocycles. The van der Waals surface area contributed by atoms with Crippen LogP contribution >= 0.6 is 22.6 Å². The van der Waals surface area contributed by atoms with E-state index in [1.807, 2.05) is 24.3 Å². The normalized spacial score (nSPS) is 17.3. The fourth-order valence-corrected chi connectivity index (χ4v) is 3.86. The summed E-state index contributed by atoms with van der Waals surface area (Å²) >= 11 is 2.28. The van der Waals surface area contributed by atoms with Crippen molar-refractivity contribution in [2.45, 2.75) is 32.4 Å². The minimum absolute atomic E-state index is 0.00882. The van der Waals surface area contributed by atoms with E-state index in [2.05, 4.69) is 60.6 Å². The Morgan fingerprint density at radius 3 is 2.42 bits per heavy atom. The summed E-state index contributed by atoms with van der Waals surface area (Å²) in [5, 5.41) is 2.05. The van der Waals surface area contributed by atoms with Gasteiger partial charge in [0.15, 0.2) is 17.2 Å². The molecule has 0 fully saturated rings. The first-order valence-electron chi connectivity index (χ1n) is 7.84. The zero-order chi connectivity index (χ0) is 17.5. The van der Waals surface area contributed by atoms with Crippen LogP contribution in [0.2, 0.25) is 0 Å². The Labute approximate surface area is 156 Å². The van der Waals surface area contributed by atoms with E-state index >= 15 is 0 Å². The van der Waals surface area contributed by atoms with E-state index in [1.165, 1.54) is 0 Å². The van der Waals surface area contributed by atoms with E-state index in [-0.39, 0.29) is 11.6 Å². The Bertz CT molecular complexity index is 755. The van der Waals surface area contributed by atoms with E-state index in [9.17, 15) is 0 Å². The van der Waals surface area contributed by atoms with Gasteiger partial charge in [0.05, 0.1) is 17.8 Å². The van der Waals surface area contributed by atoms with Gasteiger partial charge in [-0.1, -0.05) is 18.2 Å². The molecular weight excluding hydrogens is 417 g/mol. The first-order valence-corrected chi connectivity index (χ1v) is 8.92. The topological polar surface area (TPSA) is 30.9 Å². The van der Waals surface area contributed by atoms with Gasteiger partial charge in [-0.2, -0.15) is 0 Å². The van der Waals surface area contributed by atoms with Crippen molar-refractivity contribution in [2.24, 2.45) is 0 Å². The van der Waals surface area contributed by atoms with Crippen LogP contribution in [0.4, 0.5) is 0 Å². The van der Waals surface area contributed by atoms with E-state index in [1.54, 1.807) is 14.2 Å². The molecule has 128 valence electrons. The molecule has 1 aliphatic rings. The van der Waals surface area contributed by atoms with Crippen LogP contribution in [0.5, 0.6) is 17.2 Å². The molecule has 1 atom stereocenters. The van der Waals surface area contributed by atoms with Crippen LogP contribution in [0.15, 0.2) is 36.4 Å². The Morgan fingerprint density at radius 2 is 1.79 bits per heavy atom. The average molecular weight is 439 g/mol. The molecule has 0 aromatic heterocycles. The van der Waals surface area contributed by atoms with Crippen LogP contribution in [-0.4, -0.2) is 24.8 Å². The lowest BCUT2D eigenvalue weighted by Crippen LogP contribution is -2.43. The molecule has 1 unspecified atom stereocenters. The SMILES string of the molecule is COc1cc(C2c3ccccc3ON2C(C)(C)C)cc(I)c1OC. The Kier molecular flexibility index (Phi) is 4.66. The maximum absolute atomic E-state index is 6.17. The van der Waals surface area contributed by atoms with Crippen molar-refractivity contribution in [1.82, 2.24) is 5.06 Å². The van der Waals surface area contributed by atoms with Gasteiger partial charge in [-0.05, 0) is 67.1 Å². The summed E-state index contributed by atoms with van der Waals surface area (Å²) in [6.45, 7) is 6.45. The maximum atomic E-state index is 6.17. The summed E-state index contributed by atoms with van der Waals surface area (Å²) in [6.07, 6.45) is 0. The molecule has 0 N–H and O–H groups in total. The summed E-state index contributed by atoms with van der Waals surface area (Å²) < 4.78 is 12.0. The molecule has 0 aliphatic carbocycles. The Morgan fingerprint density at radius 1 is 1.08 bits per heavy atom. The second-order valence-electron chi connectivity index (χ2n) is 6.77. The molecule has 5 heteroatoms. The zero-order valence-corrected chi connectivity index (χ0v) is 16.7. The van der Waals surface area contributed by atoms with Crippen molar-refractivity contribution in [1.29, 1.82) is 0 Å². The maximum Gasteiger partial charge on any atom is 0.174 e. The molecule has 24 heavy (non-hydrogen) atoms. The highest BCUT2D eigenvalue weighted by Gasteiger charge is 2.40. The van der Waals surface area contributed by atoms with Gasteiger partial charge in [0, 0.05) is 11.1 Å². The number of methoxy groups -OCH3 is 2. The molecule has 0 saturated carbocycles. The van der Waals surface area contributed by atoms with E-state index in [0.717, 1.165) is 31.9 Å². The number of rotatable bonds is 3. The summed E-state index contributed by atoms with van der Waals surface area (Å²) in [5.41, 5.74) is 2.13. The standard InChI is InChI=1S/C19H22INO3/c1-19(2,3)21-17(13-8-6-7-9-15(13)24-21)12-10-14(20)18(23-5)16(11-12)22-4/h6-11,17H,1-5H3. The lowest BCUT2D eigenvalue weighted by atomic mass is 9.95. The van der Waals surface area contributed by atoms with Crippen LogP contribution in [0, 0.1) is 3.57 Å². The molecular formula is C19H22INO3. The molecule has 0 saturated heterocycles. The lowest BCUT2D eigenvalue weighted by molar-refractivity contribution is -0.128. The van der Waals surface area contributed by atoms with Gasteiger partial charge in [-0.15, -0.1) is 5.06 Å². The van der Waals surface area contributed by atoms with Crippen molar-refractivity contribution in [3.63, 3.8) is 0 Å². The van der Waals surface area contributed by atoms with Gasteiger partial charge in [0.1, 0.15) is 6.04 Å². The second kappa shape index (κ2) is 6.44.